The second-order valence-electron chi connectivity index (χ2n) is 6.22. The largest absolute Gasteiger partial charge is 0.390 e. The predicted molar refractivity (Wildman–Crippen MR) is 83.3 cm³/mol. The average molecular weight is 301 g/mol. The number of fused-ring (bicyclic) bond motifs is 1. The SMILES string of the molecule is CC(C)c1ncc2c(n1)CN(C[C@@H](O)Cn1cccn1)CC2. The quantitative estimate of drug-likeness (QED) is 0.899. The molecule has 0 amide bonds. The summed E-state index contributed by atoms with van der Waals surface area (Å²) in [5.74, 6) is 1.24. The molecular formula is C16H23N5O. The Kier molecular flexibility index (Phi) is 4.49. The maximum atomic E-state index is 10.2. The van der Waals surface area contributed by atoms with Crippen LogP contribution in [0.1, 0.15) is 36.8 Å². The van der Waals surface area contributed by atoms with E-state index in [1.165, 1.54) is 5.56 Å². The maximum Gasteiger partial charge on any atom is 0.131 e. The first kappa shape index (κ1) is 15.1. The average Bonchev–Trinajstić information content (AvgIpc) is 2.99. The van der Waals surface area contributed by atoms with Gasteiger partial charge in [-0.1, -0.05) is 13.8 Å². The predicted octanol–water partition coefficient (Wildman–Crippen LogP) is 1.22. The fraction of sp³-hybridized carbons (Fsp3) is 0.562. The third-order valence-electron chi connectivity index (χ3n) is 3.99. The Bertz CT molecular complexity index is 611. The fourth-order valence-electron chi connectivity index (χ4n) is 2.79. The highest BCUT2D eigenvalue weighted by Crippen LogP contribution is 2.19. The number of hydrogen-bond acceptors (Lipinski definition) is 5. The summed E-state index contributed by atoms with van der Waals surface area (Å²) >= 11 is 0. The number of aliphatic hydroxyl groups excluding tert-OH is 1. The van der Waals surface area contributed by atoms with Crippen molar-refractivity contribution in [3.63, 3.8) is 0 Å². The lowest BCUT2D eigenvalue weighted by molar-refractivity contribution is 0.0880. The maximum absolute atomic E-state index is 10.2. The van der Waals surface area contributed by atoms with Gasteiger partial charge >= 0.3 is 0 Å². The second-order valence-corrected chi connectivity index (χ2v) is 6.22. The van der Waals surface area contributed by atoms with Crippen LogP contribution in [0.25, 0.3) is 0 Å². The van der Waals surface area contributed by atoms with E-state index in [9.17, 15) is 5.11 Å². The standard InChI is InChI=1S/C16H23N5O/c1-12(2)16-17-8-13-4-7-20(11-15(13)19-16)9-14(22)10-21-6-3-5-18-21/h3,5-6,8,12,14,22H,4,7,9-11H2,1-2H3/t14-/m1/s1. The summed E-state index contributed by atoms with van der Waals surface area (Å²) < 4.78 is 1.77. The summed E-state index contributed by atoms with van der Waals surface area (Å²) in [6.45, 7) is 7.10. The first-order chi connectivity index (χ1) is 10.6. The zero-order chi connectivity index (χ0) is 15.5. The van der Waals surface area contributed by atoms with Crippen LogP contribution < -0.4 is 0 Å². The lowest BCUT2D eigenvalue weighted by Crippen LogP contribution is -2.38. The van der Waals surface area contributed by atoms with Crippen LogP contribution in [0.2, 0.25) is 0 Å². The van der Waals surface area contributed by atoms with Gasteiger partial charge < -0.3 is 5.11 Å². The zero-order valence-corrected chi connectivity index (χ0v) is 13.2. The van der Waals surface area contributed by atoms with Crippen molar-refractivity contribution in [2.75, 3.05) is 13.1 Å². The summed E-state index contributed by atoms with van der Waals surface area (Å²) in [6.07, 6.45) is 6.09. The van der Waals surface area contributed by atoms with Crippen molar-refractivity contribution in [2.24, 2.45) is 0 Å². The molecule has 0 fully saturated rings. The fourth-order valence-corrected chi connectivity index (χ4v) is 2.79. The lowest BCUT2D eigenvalue weighted by Gasteiger charge is -2.29. The molecule has 6 nitrogen and oxygen atoms in total. The highest BCUT2D eigenvalue weighted by Gasteiger charge is 2.21. The van der Waals surface area contributed by atoms with Gasteiger partial charge in [0.25, 0.3) is 0 Å². The first-order valence-electron chi connectivity index (χ1n) is 7.84. The number of hydrogen-bond donors (Lipinski definition) is 1. The minimum atomic E-state index is -0.423. The molecule has 0 saturated heterocycles. The van der Waals surface area contributed by atoms with Crippen molar-refractivity contribution in [3.8, 4) is 0 Å². The van der Waals surface area contributed by atoms with E-state index in [1.54, 1.807) is 10.9 Å². The molecule has 3 rings (SSSR count). The molecule has 0 bridgehead atoms. The van der Waals surface area contributed by atoms with Gasteiger partial charge in [-0.3, -0.25) is 9.58 Å². The van der Waals surface area contributed by atoms with E-state index in [0.717, 1.165) is 31.0 Å². The highest BCUT2D eigenvalue weighted by atomic mass is 16.3. The number of aliphatic hydroxyl groups is 1. The van der Waals surface area contributed by atoms with Crippen molar-refractivity contribution in [2.45, 2.75) is 45.4 Å². The summed E-state index contributed by atoms with van der Waals surface area (Å²) in [5, 5.41) is 14.4. The van der Waals surface area contributed by atoms with Crippen molar-refractivity contribution in [1.82, 2.24) is 24.6 Å². The van der Waals surface area contributed by atoms with E-state index in [-0.39, 0.29) is 0 Å². The van der Waals surface area contributed by atoms with Gasteiger partial charge in [0.15, 0.2) is 0 Å². The van der Waals surface area contributed by atoms with Gasteiger partial charge in [0.2, 0.25) is 0 Å². The zero-order valence-electron chi connectivity index (χ0n) is 13.2. The lowest BCUT2D eigenvalue weighted by atomic mass is 10.1. The Morgan fingerprint density at radius 2 is 2.18 bits per heavy atom. The molecular weight excluding hydrogens is 278 g/mol. The molecule has 3 heterocycles. The molecule has 0 saturated carbocycles. The van der Waals surface area contributed by atoms with Crippen LogP contribution in [-0.2, 0) is 19.5 Å². The minimum absolute atomic E-state index is 0.339. The Morgan fingerprint density at radius 3 is 2.91 bits per heavy atom. The van der Waals surface area contributed by atoms with Crippen LogP contribution in [0.15, 0.2) is 24.7 Å². The third kappa shape index (κ3) is 3.51. The van der Waals surface area contributed by atoms with Crippen LogP contribution in [-0.4, -0.2) is 48.9 Å². The molecule has 1 N–H and O–H groups in total. The van der Waals surface area contributed by atoms with Crippen LogP contribution in [0.3, 0.4) is 0 Å². The molecule has 1 aliphatic rings. The first-order valence-corrected chi connectivity index (χ1v) is 7.84. The van der Waals surface area contributed by atoms with Crippen LogP contribution in [0, 0.1) is 0 Å². The summed E-state index contributed by atoms with van der Waals surface area (Å²) in [7, 11) is 0. The minimum Gasteiger partial charge on any atom is -0.390 e. The molecule has 6 heteroatoms. The van der Waals surface area contributed by atoms with Gasteiger partial charge in [-0.25, -0.2) is 9.97 Å². The second kappa shape index (κ2) is 6.54. The smallest absolute Gasteiger partial charge is 0.131 e. The number of β-amino-alcohol motifs (C(OH)–C–C–N with tert-alkyl or cyclic N) is 1. The molecule has 22 heavy (non-hydrogen) atoms. The van der Waals surface area contributed by atoms with Gasteiger partial charge in [-0.2, -0.15) is 5.10 Å². The highest BCUT2D eigenvalue weighted by molar-refractivity contribution is 5.21. The Labute approximate surface area is 130 Å². The molecule has 0 unspecified atom stereocenters. The van der Waals surface area contributed by atoms with Crippen molar-refractivity contribution in [1.29, 1.82) is 0 Å². The Morgan fingerprint density at radius 1 is 1.32 bits per heavy atom. The van der Waals surface area contributed by atoms with Gasteiger partial charge in [0, 0.05) is 44.1 Å². The van der Waals surface area contributed by atoms with E-state index in [2.05, 4.69) is 28.8 Å². The van der Waals surface area contributed by atoms with E-state index in [0.29, 0.717) is 19.0 Å². The molecule has 118 valence electrons. The molecule has 1 atom stereocenters. The molecule has 2 aromatic rings. The normalized spacial score (nSPS) is 16.7. The van der Waals surface area contributed by atoms with E-state index in [1.807, 2.05) is 18.5 Å². The van der Waals surface area contributed by atoms with E-state index in [4.69, 9.17) is 4.98 Å². The van der Waals surface area contributed by atoms with Crippen LogP contribution in [0.5, 0.6) is 0 Å². The Hall–Kier alpha value is -1.79. The Balaban J connectivity index is 1.62. The topological polar surface area (TPSA) is 67.1 Å². The van der Waals surface area contributed by atoms with Gasteiger partial charge in [-0.15, -0.1) is 0 Å². The van der Waals surface area contributed by atoms with Crippen LogP contribution in [0.4, 0.5) is 0 Å². The van der Waals surface area contributed by atoms with Crippen molar-refractivity contribution >= 4 is 0 Å². The van der Waals surface area contributed by atoms with Gasteiger partial charge in [-0.05, 0) is 18.1 Å². The van der Waals surface area contributed by atoms with Crippen molar-refractivity contribution in [3.05, 3.63) is 41.7 Å². The summed E-state index contributed by atoms with van der Waals surface area (Å²) in [4.78, 5) is 11.4. The van der Waals surface area contributed by atoms with Gasteiger partial charge in [0.1, 0.15) is 5.82 Å². The number of nitrogens with zero attached hydrogens (tertiary/aromatic N) is 5. The summed E-state index contributed by atoms with van der Waals surface area (Å²) in [5.41, 5.74) is 2.35. The molecule has 2 aromatic heterocycles. The third-order valence-corrected chi connectivity index (χ3v) is 3.99. The van der Waals surface area contributed by atoms with E-state index < -0.39 is 6.10 Å². The van der Waals surface area contributed by atoms with E-state index >= 15 is 0 Å². The monoisotopic (exact) mass is 301 g/mol. The molecule has 0 spiro atoms. The molecule has 0 radical (unpaired) electrons. The van der Waals surface area contributed by atoms with Gasteiger partial charge in [0.05, 0.1) is 18.3 Å². The molecule has 0 aromatic carbocycles. The number of rotatable bonds is 5. The number of aromatic nitrogens is 4. The molecule has 0 aliphatic carbocycles. The molecule has 1 aliphatic heterocycles. The summed E-state index contributed by atoms with van der Waals surface area (Å²) in [6, 6.07) is 1.87. The van der Waals surface area contributed by atoms with Crippen LogP contribution >= 0.6 is 0 Å². The van der Waals surface area contributed by atoms with Crippen molar-refractivity contribution < 1.29 is 5.11 Å².